The van der Waals surface area contributed by atoms with Gasteiger partial charge in [0.15, 0.2) is 0 Å². The van der Waals surface area contributed by atoms with Crippen LogP contribution in [0.25, 0.3) is 10.9 Å². The van der Waals surface area contributed by atoms with E-state index in [-0.39, 0.29) is 5.91 Å². The second-order valence-electron chi connectivity index (χ2n) is 7.38. The van der Waals surface area contributed by atoms with Crippen LogP contribution < -0.4 is 0 Å². The number of rotatable bonds is 5. The van der Waals surface area contributed by atoms with E-state index in [1.54, 1.807) is 0 Å². The number of nitrogens with zero attached hydrogens (tertiary/aromatic N) is 5. The summed E-state index contributed by atoms with van der Waals surface area (Å²) in [5, 5.41) is 5.71. The van der Waals surface area contributed by atoms with Crippen LogP contribution in [0.2, 0.25) is 0 Å². The molecule has 0 aliphatic carbocycles. The number of aromatic nitrogens is 3. The summed E-state index contributed by atoms with van der Waals surface area (Å²) >= 11 is 0. The number of hydrogen-bond acceptors (Lipinski definition) is 3. The van der Waals surface area contributed by atoms with Crippen molar-refractivity contribution in [2.45, 2.75) is 26.9 Å². The molecule has 0 unspecified atom stereocenters. The Labute approximate surface area is 160 Å². The molecule has 2 aromatic heterocycles. The summed E-state index contributed by atoms with van der Waals surface area (Å²) in [6.07, 6.45) is 2.01. The summed E-state index contributed by atoms with van der Waals surface area (Å²) in [5.74, 6) is 0.203. The van der Waals surface area contributed by atoms with E-state index in [4.69, 9.17) is 0 Å². The number of fused-ring (bicyclic) bond motifs is 1. The van der Waals surface area contributed by atoms with E-state index >= 15 is 0 Å². The Hall–Kier alpha value is -2.60. The molecule has 6 heteroatoms. The second kappa shape index (κ2) is 7.56. The molecule has 4 rings (SSSR count). The molecule has 1 fully saturated rings. The van der Waals surface area contributed by atoms with Gasteiger partial charge in [0.1, 0.15) is 6.54 Å². The highest BCUT2D eigenvalue weighted by atomic mass is 16.2. The second-order valence-corrected chi connectivity index (χ2v) is 7.38. The van der Waals surface area contributed by atoms with E-state index in [1.165, 1.54) is 11.1 Å². The highest BCUT2D eigenvalue weighted by Crippen LogP contribution is 2.15. The molecule has 1 saturated heterocycles. The summed E-state index contributed by atoms with van der Waals surface area (Å²) < 4.78 is 4.12. The molecule has 1 aliphatic heterocycles. The van der Waals surface area contributed by atoms with Gasteiger partial charge in [0, 0.05) is 50.1 Å². The van der Waals surface area contributed by atoms with Crippen LogP contribution in [0.5, 0.6) is 0 Å². The van der Waals surface area contributed by atoms with E-state index < -0.39 is 0 Å². The Balaban J connectivity index is 1.28. The van der Waals surface area contributed by atoms with E-state index in [1.807, 2.05) is 34.7 Å². The number of piperazine rings is 1. The zero-order chi connectivity index (χ0) is 18.8. The first kappa shape index (κ1) is 17.8. The zero-order valence-electron chi connectivity index (χ0n) is 16.1. The lowest BCUT2D eigenvalue weighted by Gasteiger charge is -2.34. The molecule has 3 aromatic rings. The number of carbonyl (C=O) groups excluding carboxylic acids is 1. The average molecular weight is 365 g/mol. The molecule has 1 aromatic carbocycles. The number of hydrogen-bond donors (Lipinski definition) is 0. The lowest BCUT2D eigenvalue weighted by atomic mass is 10.2. The van der Waals surface area contributed by atoms with E-state index in [9.17, 15) is 4.79 Å². The molecule has 1 aliphatic rings. The standard InChI is InChI=1S/C21H27N5O/c1-17-15-18(2)26(22-17)14-11-23-9-12-24(13-10-23)21(27)16-25-8-7-19-5-3-4-6-20(19)25/h3-8,15H,9-14,16H2,1-2H3. The van der Waals surface area contributed by atoms with Crippen LogP contribution in [0.4, 0.5) is 0 Å². The number of amides is 1. The Kier molecular flexibility index (Phi) is 4.99. The fraction of sp³-hybridized carbons (Fsp3) is 0.429. The third-order valence-corrected chi connectivity index (χ3v) is 5.44. The maximum absolute atomic E-state index is 12.7. The topological polar surface area (TPSA) is 46.3 Å². The minimum atomic E-state index is 0.203. The smallest absolute Gasteiger partial charge is 0.242 e. The molecule has 0 atom stereocenters. The highest BCUT2D eigenvalue weighted by Gasteiger charge is 2.21. The van der Waals surface area contributed by atoms with Crippen LogP contribution >= 0.6 is 0 Å². The molecular formula is C21H27N5O. The SMILES string of the molecule is Cc1cc(C)n(CCN2CCN(C(=O)Cn3ccc4ccccc43)CC2)n1. The molecule has 3 heterocycles. The van der Waals surface area contributed by atoms with Crippen molar-refractivity contribution >= 4 is 16.8 Å². The molecular weight excluding hydrogens is 338 g/mol. The Morgan fingerprint density at radius 2 is 1.81 bits per heavy atom. The predicted molar refractivity (Wildman–Crippen MR) is 107 cm³/mol. The van der Waals surface area contributed by atoms with Gasteiger partial charge < -0.3 is 9.47 Å². The molecule has 27 heavy (non-hydrogen) atoms. The van der Waals surface area contributed by atoms with Crippen LogP contribution in [0.15, 0.2) is 42.6 Å². The summed E-state index contributed by atoms with van der Waals surface area (Å²) in [7, 11) is 0. The molecule has 0 saturated carbocycles. The van der Waals surface area contributed by atoms with Gasteiger partial charge in [-0.05, 0) is 37.4 Å². The van der Waals surface area contributed by atoms with Crippen LogP contribution in [0, 0.1) is 13.8 Å². The average Bonchev–Trinajstić information content (AvgIpc) is 3.23. The molecule has 0 radical (unpaired) electrons. The first-order valence-corrected chi connectivity index (χ1v) is 9.65. The van der Waals surface area contributed by atoms with Gasteiger partial charge >= 0.3 is 0 Å². The first-order chi connectivity index (χ1) is 13.1. The summed E-state index contributed by atoms with van der Waals surface area (Å²) in [4.78, 5) is 17.1. The van der Waals surface area contributed by atoms with Crippen molar-refractivity contribution in [3.05, 3.63) is 54.0 Å². The summed E-state index contributed by atoms with van der Waals surface area (Å²) in [6, 6.07) is 12.4. The highest BCUT2D eigenvalue weighted by molar-refractivity contribution is 5.83. The molecule has 0 N–H and O–H groups in total. The van der Waals surface area contributed by atoms with E-state index in [0.29, 0.717) is 6.54 Å². The zero-order valence-corrected chi connectivity index (χ0v) is 16.1. The van der Waals surface area contributed by atoms with Gasteiger partial charge in [-0.25, -0.2) is 0 Å². The number of benzene rings is 1. The van der Waals surface area contributed by atoms with Crippen LogP contribution in [0.1, 0.15) is 11.4 Å². The van der Waals surface area contributed by atoms with Gasteiger partial charge in [-0.1, -0.05) is 18.2 Å². The van der Waals surface area contributed by atoms with E-state index in [0.717, 1.165) is 50.5 Å². The van der Waals surface area contributed by atoms with Crippen molar-refractivity contribution in [3.63, 3.8) is 0 Å². The van der Waals surface area contributed by atoms with E-state index in [2.05, 4.69) is 45.9 Å². The Bertz CT molecular complexity index is 933. The maximum atomic E-state index is 12.7. The molecule has 1 amide bonds. The van der Waals surface area contributed by atoms with Crippen LogP contribution in [-0.4, -0.2) is 62.8 Å². The minimum absolute atomic E-state index is 0.203. The number of carbonyl (C=O) groups is 1. The van der Waals surface area contributed by atoms with Crippen molar-refractivity contribution in [1.29, 1.82) is 0 Å². The third-order valence-electron chi connectivity index (χ3n) is 5.44. The normalized spacial score (nSPS) is 15.6. The molecule has 6 nitrogen and oxygen atoms in total. The van der Waals surface area contributed by atoms with Gasteiger partial charge in [-0.15, -0.1) is 0 Å². The quantitative estimate of drug-likeness (QED) is 0.697. The Morgan fingerprint density at radius 1 is 1.04 bits per heavy atom. The minimum Gasteiger partial charge on any atom is -0.339 e. The molecule has 142 valence electrons. The summed E-state index contributed by atoms with van der Waals surface area (Å²) in [6.45, 7) is 9.89. The van der Waals surface area contributed by atoms with Crippen LogP contribution in [-0.2, 0) is 17.9 Å². The van der Waals surface area contributed by atoms with Gasteiger partial charge in [0.05, 0.1) is 12.2 Å². The van der Waals surface area contributed by atoms with Gasteiger partial charge in [-0.3, -0.25) is 14.4 Å². The molecule has 0 bridgehead atoms. The van der Waals surface area contributed by atoms with Crippen molar-refractivity contribution in [1.82, 2.24) is 24.1 Å². The van der Waals surface area contributed by atoms with Gasteiger partial charge in [0.25, 0.3) is 0 Å². The lowest BCUT2D eigenvalue weighted by Crippen LogP contribution is -2.50. The largest absolute Gasteiger partial charge is 0.339 e. The Morgan fingerprint density at radius 3 is 2.56 bits per heavy atom. The molecule has 0 spiro atoms. The predicted octanol–water partition coefficient (Wildman–Crippen LogP) is 2.30. The van der Waals surface area contributed by atoms with Crippen molar-refractivity contribution < 1.29 is 4.79 Å². The van der Waals surface area contributed by atoms with Crippen LogP contribution in [0.3, 0.4) is 0 Å². The lowest BCUT2D eigenvalue weighted by molar-refractivity contribution is -0.133. The van der Waals surface area contributed by atoms with Gasteiger partial charge in [0.2, 0.25) is 5.91 Å². The summed E-state index contributed by atoms with van der Waals surface area (Å²) in [5.41, 5.74) is 3.40. The van der Waals surface area contributed by atoms with Gasteiger partial charge in [-0.2, -0.15) is 5.10 Å². The monoisotopic (exact) mass is 365 g/mol. The van der Waals surface area contributed by atoms with Crippen molar-refractivity contribution in [2.75, 3.05) is 32.7 Å². The maximum Gasteiger partial charge on any atom is 0.242 e. The fourth-order valence-electron chi connectivity index (χ4n) is 3.88. The third kappa shape index (κ3) is 3.90. The fourth-order valence-corrected chi connectivity index (χ4v) is 3.88. The first-order valence-electron chi connectivity index (χ1n) is 9.65. The van der Waals surface area contributed by atoms with Crippen molar-refractivity contribution in [2.24, 2.45) is 0 Å². The number of aryl methyl sites for hydroxylation is 2. The van der Waals surface area contributed by atoms with Crippen molar-refractivity contribution in [3.8, 4) is 0 Å². The number of para-hydroxylation sites is 1.